The summed E-state index contributed by atoms with van der Waals surface area (Å²) >= 11 is 0. The van der Waals surface area contributed by atoms with E-state index in [1.807, 2.05) is 0 Å². The number of para-hydroxylation sites is 8. The second-order valence-corrected chi connectivity index (χ2v) is 19.3. The first-order valence-electron chi connectivity index (χ1n) is 25.0. The van der Waals surface area contributed by atoms with Crippen LogP contribution in [0.4, 0.5) is 0 Å². The third-order valence-corrected chi connectivity index (χ3v) is 15.5. The molecule has 72 heavy (non-hydrogen) atoms. The van der Waals surface area contributed by atoms with Gasteiger partial charge in [-0.3, -0.25) is 0 Å². The van der Waals surface area contributed by atoms with Crippen molar-refractivity contribution >= 4 is 87.2 Å². The van der Waals surface area contributed by atoms with Crippen molar-refractivity contribution in [2.45, 2.75) is 13.1 Å². The molecule has 0 radical (unpaired) electrons. The third kappa shape index (κ3) is 5.93. The number of rotatable bonds is 7. The predicted molar refractivity (Wildman–Crippen MR) is 303 cm³/mol. The molecule has 0 N–H and O–H groups in total. The van der Waals surface area contributed by atoms with Gasteiger partial charge in [-0.05, 0) is 125 Å². The zero-order valence-corrected chi connectivity index (χ0v) is 39.6. The molecule has 11 aromatic carbocycles. The van der Waals surface area contributed by atoms with E-state index in [0.717, 1.165) is 11.4 Å². The molecule has 0 fully saturated rings. The van der Waals surface area contributed by atoms with Gasteiger partial charge < -0.3 is 18.3 Å². The van der Waals surface area contributed by atoms with Gasteiger partial charge in [0.1, 0.15) is 6.17 Å². The molecule has 4 aromatic heterocycles. The van der Waals surface area contributed by atoms with Crippen molar-refractivity contribution in [2.75, 3.05) is 0 Å². The quantitative estimate of drug-likeness (QED) is 0.152. The number of hydrogen-bond donors (Lipinski definition) is 0. The summed E-state index contributed by atoms with van der Waals surface area (Å²) in [4.78, 5) is 0. The van der Waals surface area contributed by atoms with Gasteiger partial charge in [-0.25, -0.2) is 0 Å². The fourth-order valence-corrected chi connectivity index (χ4v) is 12.3. The van der Waals surface area contributed by atoms with Crippen LogP contribution in [0.5, 0.6) is 0 Å². The molecule has 0 bridgehead atoms. The van der Waals surface area contributed by atoms with E-state index in [-0.39, 0.29) is 6.17 Å². The van der Waals surface area contributed by atoms with Gasteiger partial charge in [0.25, 0.3) is 0 Å². The maximum Gasteiger partial charge on any atom is 0.137 e. The summed E-state index contributed by atoms with van der Waals surface area (Å²) in [5, 5.41) is 10.0. The summed E-state index contributed by atoms with van der Waals surface area (Å²) in [6.45, 7) is 2.31. The van der Waals surface area contributed by atoms with E-state index in [1.165, 1.54) is 121 Å². The average Bonchev–Trinajstić information content (AvgIpc) is 4.17. The fourth-order valence-electron chi connectivity index (χ4n) is 12.3. The van der Waals surface area contributed by atoms with Crippen LogP contribution in [0.25, 0.3) is 121 Å². The van der Waals surface area contributed by atoms with Crippen molar-refractivity contribution in [3.05, 3.63) is 266 Å². The molecule has 15 aromatic rings. The molecule has 15 rings (SSSR count). The minimum atomic E-state index is -0.272. The van der Waals surface area contributed by atoms with Gasteiger partial charge >= 0.3 is 0 Å². The highest BCUT2D eigenvalue weighted by molar-refractivity contribution is 6.12. The summed E-state index contributed by atoms with van der Waals surface area (Å²) in [6.07, 6.45) is -0.272. The van der Waals surface area contributed by atoms with Gasteiger partial charge in [-0.2, -0.15) is 0 Å². The van der Waals surface area contributed by atoms with Crippen LogP contribution in [0.1, 0.15) is 17.3 Å². The summed E-state index contributed by atoms with van der Waals surface area (Å²) in [5.74, 6) is 0. The van der Waals surface area contributed by atoms with E-state index in [4.69, 9.17) is 0 Å². The van der Waals surface area contributed by atoms with Crippen LogP contribution in [0.3, 0.4) is 0 Å². The fraction of sp³-hybridized carbons (Fsp3) is 0.0294. The molecule has 0 saturated carbocycles. The first-order chi connectivity index (χ1) is 35.7. The number of nitrogens with zero attached hydrogens (tertiary/aromatic N) is 4. The van der Waals surface area contributed by atoms with Crippen LogP contribution in [-0.4, -0.2) is 18.3 Å². The number of fused-ring (bicyclic) bond motifs is 12. The van der Waals surface area contributed by atoms with Crippen LogP contribution in [0.15, 0.2) is 255 Å². The summed E-state index contributed by atoms with van der Waals surface area (Å²) in [6, 6.07) is 94.2. The van der Waals surface area contributed by atoms with E-state index < -0.39 is 0 Å². The Labute approximate surface area is 416 Å². The van der Waals surface area contributed by atoms with Gasteiger partial charge in [0, 0.05) is 54.5 Å². The summed E-state index contributed by atoms with van der Waals surface area (Å²) in [5.41, 5.74) is 19.1. The molecule has 0 aliphatic rings. The van der Waals surface area contributed by atoms with Crippen molar-refractivity contribution in [2.24, 2.45) is 0 Å². The van der Waals surface area contributed by atoms with Gasteiger partial charge in [0.15, 0.2) is 0 Å². The Hall–Kier alpha value is -9.38. The lowest BCUT2D eigenvalue weighted by atomic mass is 9.89. The van der Waals surface area contributed by atoms with Crippen LogP contribution in [-0.2, 0) is 0 Å². The smallest absolute Gasteiger partial charge is 0.137 e. The number of hydrogen-bond acceptors (Lipinski definition) is 0. The molecular weight excluding hydrogens is 873 g/mol. The molecule has 0 spiro atoms. The predicted octanol–water partition coefficient (Wildman–Crippen LogP) is 17.8. The first-order valence-corrected chi connectivity index (χ1v) is 25.0. The first kappa shape index (κ1) is 40.5. The Morgan fingerprint density at radius 2 is 0.500 bits per heavy atom. The number of aromatic nitrogens is 4. The molecule has 0 saturated heterocycles. The molecule has 0 aliphatic heterocycles. The number of benzene rings is 11. The Morgan fingerprint density at radius 1 is 0.264 bits per heavy atom. The Kier molecular flexibility index (Phi) is 8.90. The van der Waals surface area contributed by atoms with E-state index >= 15 is 0 Å². The van der Waals surface area contributed by atoms with Crippen molar-refractivity contribution < 1.29 is 0 Å². The van der Waals surface area contributed by atoms with Crippen LogP contribution in [0, 0.1) is 6.92 Å². The molecule has 0 unspecified atom stereocenters. The second kappa shape index (κ2) is 15.8. The van der Waals surface area contributed by atoms with E-state index in [2.05, 4.69) is 280 Å². The van der Waals surface area contributed by atoms with Gasteiger partial charge in [0.05, 0.1) is 44.1 Å². The largest absolute Gasteiger partial charge is 0.315 e. The maximum absolute atomic E-state index is 2.60. The SMILES string of the molecule is Cc1c(-c2ccc(-n3c4ccccc4c4ccccc43)cc2)cc(C(n2c3ccccc3c3ccccc32)n2c3ccccc3c3ccccc32)cc1-c1ccc(-n2c3ccccc3c3ccccc32)cc1. The molecule has 0 amide bonds. The minimum Gasteiger partial charge on any atom is -0.315 e. The normalized spacial score (nSPS) is 12.1. The van der Waals surface area contributed by atoms with E-state index in [9.17, 15) is 0 Å². The third-order valence-electron chi connectivity index (χ3n) is 15.5. The lowest BCUT2D eigenvalue weighted by molar-refractivity contribution is 0.562. The molecule has 4 nitrogen and oxygen atoms in total. The second-order valence-electron chi connectivity index (χ2n) is 19.3. The zero-order valence-electron chi connectivity index (χ0n) is 39.6. The summed E-state index contributed by atoms with van der Waals surface area (Å²) in [7, 11) is 0. The minimum absolute atomic E-state index is 0.272. The standard InChI is InChI=1S/C68H46N4/c1-44-58(45-34-38-48(39-35-45)69-60-26-10-2-18-50(60)51-19-3-11-27-61(51)69)42-47(43-59(44)46-36-40-49(41-37-46)70-62-28-12-4-20-52(62)53-21-5-13-29-63(53)70)68(71-64-30-14-6-22-54(64)55-23-7-15-31-65(55)71)72-66-32-16-8-24-56(66)57-25-9-17-33-67(57)72/h2-43,68H,1H3. The lowest BCUT2D eigenvalue weighted by Crippen LogP contribution is -2.20. The highest BCUT2D eigenvalue weighted by Gasteiger charge is 2.28. The Balaban J connectivity index is 0.995. The van der Waals surface area contributed by atoms with Crippen molar-refractivity contribution in [3.63, 3.8) is 0 Å². The van der Waals surface area contributed by atoms with Crippen molar-refractivity contribution in [1.82, 2.24) is 18.3 Å². The Bertz CT molecular complexity index is 4130. The van der Waals surface area contributed by atoms with Crippen LogP contribution < -0.4 is 0 Å². The average molecular weight is 919 g/mol. The molecule has 4 heterocycles. The molecular formula is C68H46N4. The molecule has 0 atom stereocenters. The molecule has 0 aliphatic carbocycles. The van der Waals surface area contributed by atoms with Gasteiger partial charge in [0.2, 0.25) is 0 Å². The summed E-state index contributed by atoms with van der Waals surface area (Å²) < 4.78 is 10.0. The van der Waals surface area contributed by atoms with Gasteiger partial charge in [-0.15, -0.1) is 0 Å². The lowest BCUT2D eigenvalue weighted by Gasteiger charge is -2.28. The Morgan fingerprint density at radius 3 is 0.778 bits per heavy atom. The highest BCUT2D eigenvalue weighted by Crippen LogP contribution is 2.44. The van der Waals surface area contributed by atoms with Crippen molar-refractivity contribution in [3.8, 4) is 33.6 Å². The van der Waals surface area contributed by atoms with E-state index in [0.29, 0.717) is 0 Å². The molecule has 338 valence electrons. The van der Waals surface area contributed by atoms with E-state index in [1.54, 1.807) is 0 Å². The highest BCUT2D eigenvalue weighted by atomic mass is 15.2. The van der Waals surface area contributed by atoms with Crippen LogP contribution >= 0.6 is 0 Å². The monoisotopic (exact) mass is 918 g/mol. The topological polar surface area (TPSA) is 19.7 Å². The zero-order chi connectivity index (χ0) is 47.4. The van der Waals surface area contributed by atoms with Gasteiger partial charge in [-0.1, -0.05) is 170 Å². The molecule has 4 heteroatoms. The van der Waals surface area contributed by atoms with Crippen molar-refractivity contribution in [1.29, 1.82) is 0 Å². The maximum atomic E-state index is 2.60. The van der Waals surface area contributed by atoms with Crippen LogP contribution in [0.2, 0.25) is 0 Å².